The minimum absolute atomic E-state index is 0.478. The second-order valence-corrected chi connectivity index (χ2v) is 4.71. The van der Waals surface area contributed by atoms with E-state index in [9.17, 15) is 18.4 Å². The molecule has 0 rings (SSSR count). The third kappa shape index (κ3) is 5.46. The molecule has 0 saturated heterocycles. The van der Waals surface area contributed by atoms with Gasteiger partial charge in [-0.15, -0.1) is 0 Å². The standard InChI is InChI=1S/C10H17F2NO4/c1-6(10(11,12)7(14)15)5-13-8(16)17-9(2,3)4/h6H,5H2,1-4H3,(H,13,16)(H,14,15). The molecular formula is C10H17F2NO4. The van der Waals surface area contributed by atoms with Gasteiger partial charge in [-0.25, -0.2) is 9.59 Å². The number of rotatable bonds is 4. The minimum atomic E-state index is -3.88. The van der Waals surface area contributed by atoms with Gasteiger partial charge < -0.3 is 15.2 Å². The first kappa shape index (κ1) is 15.6. The smallest absolute Gasteiger partial charge is 0.407 e. The number of aliphatic carboxylic acids is 1. The van der Waals surface area contributed by atoms with Gasteiger partial charge in [0.1, 0.15) is 5.60 Å². The summed E-state index contributed by atoms with van der Waals surface area (Å²) < 4.78 is 30.7. The zero-order valence-corrected chi connectivity index (χ0v) is 10.2. The Morgan fingerprint density at radius 2 is 1.82 bits per heavy atom. The number of alkyl carbamates (subject to hydrolysis) is 1. The van der Waals surface area contributed by atoms with Crippen molar-refractivity contribution in [3.63, 3.8) is 0 Å². The molecule has 0 spiro atoms. The van der Waals surface area contributed by atoms with Crippen molar-refractivity contribution >= 4 is 12.1 Å². The fraction of sp³-hybridized carbons (Fsp3) is 0.800. The molecule has 0 saturated carbocycles. The molecule has 0 aromatic rings. The highest BCUT2D eigenvalue weighted by molar-refractivity contribution is 5.75. The Morgan fingerprint density at radius 1 is 1.35 bits per heavy atom. The van der Waals surface area contributed by atoms with Crippen LogP contribution in [0, 0.1) is 5.92 Å². The maximum Gasteiger partial charge on any atom is 0.407 e. The van der Waals surface area contributed by atoms with Crippen molar-refractivity contribution in [1.82, 2.24) is 5.32 Å². The van der Waals surface area contributed by atoms with Gasteiger partial charge in [0, 0.05) is 12.5 Å². The van der Waals surface area contributed by atoms with Crippen LogP contribution in [-0.2, 0) is 9.53 Å². The van der Waals surface area contributed by atoms with E-state index in [4.69, 9.17) is 9.84 Å². The maximum absolute atomic E-state index is 12.9. The van der Waals surface area contributed by atoms with Crippen LogP contribution in [-0.4, -0.2) is 35.2 Å². The molecule has 1 amide bonds. The van der Waals surface area contributed by atoms with Gasteiger partial charge in [-0.1, -0.05) is 6.92 Å². The Hall–Kier alpha value is -1.40. The molecule has 17 heavy (non-hydrogen) atoms. The van der Waals surface area contributed by atoms with E-state index in [0.717, 1.165) is 6.92 Å². The Morgan fingerprint density at radius 3 is 2.18 bits per heavy atom. The molecule has 1 unspecified atom stereocenters. The Labute approximate surface area is 98.1 Å². The fourth-order valence-corrected chi connectivity index (χ4v) is 0.890. The van der Waals surface area contributed by atoms with Gasteiger partial charge in [-0.3, -0.25) is 0 Å². The number of hydrogen-bond acceptors (Lipinski definition) is 3. The van der Waals surface area contributed by atoms with Crippen molar-refractivity contribution in [3.8, 4) is 0 Å². The number of carboxylic acid groups (broad SMARTS) is 1. The molecule has 0 aliphatic rings. The zero-order chi connectivity index (χ0) is 13.9. The van der Waals surface area contributed by atoms with Crippen LogP contribution < -0.4 is 5.32 Å². The SMILES string of the molecule is CC(CNC(=O)OC(C)(C)C)C(F)(F)C(=O)O. The highest BCUT2D eigenvalue weighted by Gasteiger charge is 2.44. The third-order valence-electron chi connectivity index (χ3n) is 1.86. The van der Waals surface area contributed by atoms with E-state index >= 15 is 0 Å². The highest BCUT2D eigenvalue weighted by Crippen LogP contribution is 2.24. The molecule has 100 valence electrons. The second-order valence-electron chi connectivity index (χ2n) is 4.71. The first-order valence-electron chi connectivity index (χ1n) is 5.05. The topological polar surface area (TPSA) is 75.6 Å². The quantitative estimate of drug-likeness (QED) is 0.802. The van der Waals surface area contributed by atoms with Crippen molar-refractivity contribution in [2.75, 3.05) is 6.54 Å². The van der Waals surface area contributed by atoms with Crippen LogP contribution in [0.2, 0.25) is 0 Å². The van der Waals surface area contributed by atoms with Crippen LogP contribution in [0.1, 0.15) is 27.7 Å². The number of amides is 1. The maximum atomic E-state index is 12.9. The summed E-state index contributed by atoms with van der Waals surface area (Å²) in [5.74, 6) is -7.61. The van der Waals surface area contributed by atoms with Gasteiger partial charge >= 0.3 is 18.0 Å². The van der Waals surface area contributed by atoms with E-state index in [0.29, 0.717) is 0 Å². The summed E-state index contributed by atoms with van der Waals surface area (Å²) in [6.45, 7) is 5.44. The van der Waals surface area contributed by atoms with Gasteiger partial charge in [-0.2, -0.15) is 8.78 Å². The van der Waals surface area contributed by atoms with Crippen molar-refractivity contribution in [2.45, 2.75) is 39.2 Å². The number of ether oxygens (including phenoxy) is 1. The molecule has 0 aliphatic carbocycles. The van der Waals surface area contributed by atoms with Crippen LogP contribution in [0.4, 0.5) is 13.6 Å². The molecule has 0 fully saturated rings. The molecule has 0 radical (unpaired) electrons. The highest BCUT2D eigenvalue weighted by atomic mass is 19.3. The summed E-state index contributed by atoms with van der Waals surface area (Å²) in [7, 11) is 0. The lowest BCUT2D eigenvalue weighted by Crippen LogP contribution is -2.43. The molecule has 0 bridgehead atoms. The molecule has 0 aromatic heterocycles. The van der Waals surface area contributed by atoms with E-state index in [-0.39, 0.29) is 0 Å². The first-order chi connectivity index (χ1) is 7.47. The van der Waals surface area contributed by atoms with Gasteiger partial charge in [-0.05, 0) is 20.8 Å². The van der Waals surface area contributed by atoms with Crippen LogP contribution in [0.3, 0.4) is 0 Å². The molecular weight excluding hydrogens is 236 g/mol. The summed E-state index contributed by atoms with van der Waals surface area (Å²) in [6.07, 6.45) is -0.856. The van der Waals surface area contributed by atoms with Gasteiger partial charge in [0.25, 0.3) is 0 Å². The number of carboxylic acids is 1. The summed E-state index contributed by atoms with van der Waals surface area (Å²) in [5, 5.41) is 10.4. The number of halogens is 2. The summed E-state index contributed by atoms with van der Waals surface area (Å²) in [4.78, 5) is 21.4. The monoisotopic (exact) mass is 253 g/mol. The normalized spacial score (nSPS) is 14.0. The number of nitrogens with one attached hydrogen (secondary N) is 1. The van der Waals surface area contributed by atoms with Crippen molar-refractivity contribution < 1.29 is 28.2 Å². The first-order valence-corrected chi connectivity index (χ1v) is 5.05. The van der Waals surface area contributed by atoms with E-state index in [1.54, 1.807) is 20.8 Å². The third-order valence-corrected chi connectivity index (χ3v) is 1.86. The van der Waals surface area contributed by atoms with Gasteiger partial charge in [0.2, 0.25) is 0 Å². The Balaban J connectivity index is 4.22. The van der Waals surface area contributed by atoms with Gasteiger partial charge in [0.05, 0.1) is 0 Å². The van der Waals surface area contributed by atoms with Crippen molar-refractivity contribution in [1.29, 1.82) is 0 Å². The number of alkyl halides is 2. The van der Waals surface area contributed by atoms with Crippen LogP contribution in [0.25, 0.3) is 0 Å². The molecule has 0 heterocycles. The van der Waals surface area contributed by atoms with E-state index in [1.807, 2.05) is 0 Å². The van der Waals surface area contributed by atoms with E-state index in [1.165, 1.54) is 0 Å². The Kier molecular flexibility index (Phi) is 4.85. The molecule has 1 atom stereocenters. The average molecular weight is 253 g/mol. The fourth-order valence-electron chi connectivity index (χ4n) is 0.890. The summed E-state index contributed by atoms with van der Waals surface area (Å²) in [6, 6.07) is 0. The predicted molar refractivity (Wildman–Crippen MR) is 56.0 cm³/mol. The minimum Gasteiger partial charge on any atom is -0.477 e. The summed E-state index contributed by atoms with van der Waals surface area (Å²) >= 11 is 0. The molecule has 0 aromatic carbocycles. The van der Waals surface area contributed by atoms with E-state index < -0.39 is 36.0 Å². The van der Waals surface area contributed by atoms with Crippen molar-refractivity contribution in [2.24, 2.45) is 5.92 Å². The van der Waals surface area contributed by atoms with Gasteiger partial charge in [0.15, 0.2) is 0 Å². The zero-order valence-electron chi connectivity index (χ0n) is 10.2. The van der Waals surface area contributed by atoms with Crippen LogP contribution in [0.15, 0.2) is 0 Å². The predicted octanol–water partition coefficient (Wildman–Crippen LogP) is 1.87. The Bertz CT molecular complexity index is 299. The lowest BCUT2D eigenvalue weighted by Gasteiger charge is -2.22. The van der Waals surface area contributed by atoms with Crippen molar-refractivity contribution in [3.05, 3.63) is 0 Å². The second kappa shape index (κ2) is 5.29. The van der Waals surface area contributed by atoms with Crippen LogP contribution >= 0.6 is 0 Å². The molecule has 7 heteroatoms. The largest absolute Gasteiger partial charge is 0.477 e. The molecule has 5 nitrogen and oxygen atoms in total. The lowest BCUT2D eigenvalue weighted by atomic mass is 10.0. The molecule has 2 N–H and O–H groups in total. The van der Waals surface area contributed by atoms with E-state index in [2.05, 4.69) is 5.32 Å². The lowest BCUT2D eigenvalue weighted by molar-refractivity contribution is -0.172. The number of carbonyl (C=O) groups excluding carboxylic acids is 1. The number of hydrogen-bond donors (Lipinski definition) is 2. The molecule has 0 aliphatic heterocycles. The number of carbonyl (C=O) groups is 2. The van der Waals surface area contributed by atoms with Crippen LogP contribution in [0.5, 0.6) is 0 Å². The average Bonchev–Trinajstić information content (AvgIpc) is 2.10. The summed E-state index contributed by atoms with van der Waals surface area (Å²) in [5.41, 5.74) is -0.733.